The van der Waals surface area contributed by atoms with Gasteiger partial charge in [0.15, 0.2) is 0 Å². The molecule has 0 aliphatic heterocycles. The summed E-state index contributed by atoms with van der Waals surface area (Å²) in [4.78, 5) is 21.2. The van der Waals surface area contributed by atoms with Crippen molar-refractivity contribution in [3.05, 3.63) is 33.9 Å². The number of nitro groups is 1. The van der Waals surface area contributed by atoms with Crippen molar-refractivity contribution in [2.75, 3.05) is 12.8 Å². The highest BCUT2D eigenvalue weighted by atomic mass is 16.6. The second-order valence-corrected chi connectivity index (χ2v) is 3.48. The van der Waals surface area contributed by atoms with Crippen LogP contribution in [0.2, 0.25) is 0 Å². The van der Waals surface area contributed by atoms with Gasteiger partial charge in [0.25, 0.3) is 5.69 Å². The van der Waals surface area contributed by atoms with E-state index in [2.05, 4.69) is 4.74 Å². The average Bonchev–Trinajstić information content (AvgIpc) is 2.30. The first-order chi connectivity index (χ1) is 7.95. The predicted molar refractivity (Wildman–Crippen MR) is 61.2 cm³/mol. The molecular weight excluding hydrogens is 226 g/mol. The van der Waals surface area contributed by atoms with Crippen molar-refractivity contribution >= 4 is 17.3 Å². The fourth-order valence-electron chi connectivity index (χ4n) is 1.36. The summed E-state index contributed by atoms with van der Waals surface area (Å²) in [6.07, 6.45) is 0.161. The molecule has 0 saturated heterocycles. The summed E-state index contributed by atoms with van der Waals surface area (Å²) in [5.74, 6) is -0.565. The quantitative estimate of drug-likeness (QED) is 0.335. The monoisotopic (exact) mass is 239 g/mol. The third-order valence-corrected chi connectivity index (χ3v) is 2.25. The average molecular weight is 239 g/mol. The second-order valence-electron chi connectivity index (χ2n) is 3.48. The van der Waals surface area contributed by atoms with E-state index in [1.54, 1.807) is 6.07 Å². The zero-order valence-electron chi connectivity index (χ0n) is 9.25. The van der Waals surface area contributed by atoms with Gasteiger partial charge in [-0.1, -0.05) is 6.07 Å². The number of methoxy groups -OCH3 is 1. The van der Waals surface area contributed by atoms with Crippen LogP contribution in [0.1, 0.15) is 5.56 Å². The van der Waals surface area contributed by atoms with Gasteiger partial charge in [-0.15, -0.1) is 0 Å². The summed E-state index contributed by atoms with van der Waals surface area (Å²) in [7, 11) is 1.23. The van der Waals surface area contributed by atoms with Crippen molar-refractivity contribution < 1.29 is 14.5 Å². The summed E-state index contributed by atoms with van der Waals surface area (Å²) >= 11 is 0. The summed E-state index contributed by atoms with van der Waals surface area (Å²) in [5.41, 5.74) is 11.4. The topological polar surface area (TPSA) is 121 Å². The molecule has 1 aromatic rings. The lowest BCUT2D eigenvalue weighted by Gasteiger charge is -2.09. The first kappa shape index (κ1) is 12.9. The molecule has 7 heteroatoms. The highest BCUT2D eigenvalue weighted by molar-refractivity contribution is 5.75. The van der Waals surface area contributed by atoms with Crippen LogP contribution in [0.3, 0.4) is 0 Å². The zero-order valence-corrected chi connectivity index (χ0v) is 9.25. The number of carbonyl (C=O) groups excluding carboxylic acids is 1. The molecule has 0 spiro atoms. The fourth-order valence-corrected chi connectivity index (χ4v) is 1.36. The number of carbonyl (C=O) groups is 1. The Kier molecular flexibility index (Phi) is 4.00. The maximum atomic E-state index is 11.1. The molecule has 0 aliphatic carbocycles. The number of nitrogens with two attached hydrogens (primary N) is 2. The van der Waals surface area contributed by atoms with Crippen LogP contribution in [-0.4, -0.2) is 24.0 Å². The van der Waals surface area contributed by atoms with E-state index in [1.807, 2.05) is 0 Å². The molecule has 17 heavy (non-hydrogen) atoms. The largest absolute Gasteiger partial charge is 0.468 e. The van der Waals surface area contributed by atoms with Crippen LogP contribution in [0.15, 0.2) is 18.2 Å². The van der Waals surface area contributed by atoms with Crippen LogP contribution < -0.4 is 11.5 Å². The highest BCUT2D eigenvalue weighted by Gasteiger charge is 2.17. The molecule has 1 rings (SSSR count). The standard InChI is InChI=1S/C10H13N3O4/c1-17-10(14)8(12)4-6-2-3-7(11)9(5-6)13(15)16/h2-3,5,8H,4,11-12H2,1H3/t8-/m1/s1. The Labute approximate surface area is 97.5 Å². The maximum absolute atomic E-state index is 11.1. The number of esters is 1. The van der Waals surface area contributed by atoms with E-state index in [9.17, 15) is 14.9 Å². The number of hydrogen-bond donors (Lipinski definition) is 2. The smallest absolute Gasteiger partial charge is 0.322 e. The Hall–Kier alpha value is -2.15. The van der Waals surface area contributed by atoms with Crippen molar-refractivity contribution in [2.24, 2.45) is 5.73 Å². The van der Waals surface area contributed by atoms with Gasteiger partial charge >= 0.3 is 5.97 Å². The van der Waals surface area contributed by atoms with E-state index in [0.29, 0.717) is 5.56 Å². The highest BCUT2D eigenvalue weighted by Crippen LogP contribution is 2.22. The fraction of sp³-hybridized carbons (Fsp3) is 0.300. The van der Waals surface area contributed by atoms with Gasteiger partial charge in [0.2, 0.25) is 0 Å². The Balaban J connectivity index is 2.90. The second kappa shape index (κ2) is 5.26. The minimum atomic E-state index is -0.844. The Morgan fingerprint density at radius 1 is 1.59 bits per heavy atom. The first-order valence-corrected chi connectivity index (χ1v) is 4.82. The van der Waals surface area contributed by atoms with Crippen LogP contribution in [-0.2, 0) is 16.0 Å². The van der Waals surface area contributed by atoms with Gasteiger partial charge in [0.1, 0.15) is 11.7 Å². The lowest BCUT2D eigenvalue weighted by Crippen LogP contribution is -2.33. The molecule has 0 fully saturated rings. The third kappa shape index (κ3) is 3.15. The lowest BCUT2D eigenvalue weighted by atomic mass is 10.1. The molecule has 92 valence electrons. The molecule has 0 amide bonds. The minimum Gasteiger partial charge on any atom is -0.468 e. The van der Waals surface area contributed by atoms with E-state index in [4.69, 9.17) is 11.5 Å². The van der Waals surface area contributed by atoms with Gasteiger partial charge in [-0.25, -0.2) is 0 Å². The Morgan fingerprint density at radius 3 is 2.76 bits per heavy atom. The van der Waals surface area contributed by atoms with E-state index < -0.39 is 16.9 Å². The van der Waals surface area contributed by atoms with Gasteiger partial charge < -0.3 is 16.2 Å². The number of nitrogens with zero attached hydrogens (tertiary/aromatic N) is 1. The van der Waals surface area contributed by atoms with Crippen molar-refractivity contribution in [1.82, 2.24) is 0 Å². The Morgan fingerprint density at radius 2 is 2.24 bits per heavy atom. The maximum Gasteiger partial charge on any atom is 0.322 e. The van der Waals surface area contributed by atoms with Crippen molar-refractivity contribution in [3.63, 3.8) is 0 Å². The summed E-state index contributed by atoms with van der Waals surface area (Å²) in [5, 5.41) is 10.7. The molecule has 1 aromatic carbocycles. The normalized spacial score (nSPS) is 11.9. The number of anilines is 1. The van der Waals surface area contributed by atoms with Crippen molar-refractivity contribution in [2.45, 2.75) is 12.5 Å². The Bertz CT molecular complexity index is 447. The molecule has 0 bridgehead atoms. The van der Waals surface area contributed by atoms with Crippen LogP contribution in [0, 0.1) is 10.1 Å². The molecular formula is C10H13N3O4. The lowest BCUT2D eigenvalue weighted by molar-refractivity contribution is -0.384. The van der Waals surface area contributed by atoms with E-state index in [-0.39, 0.29) is 17.8 Å². The molecule has 0 radical (unpaired) electrons. The van der Waals surface area contributed by atoms with E-state index in [1.165, 1.54) is 19.2 Å². The van der Waals surface area contributed by atoms with Gasteiger partial charge in [0, 0.05) is 6.07 Å². The van der Waals surface area contributed by atoms with Crippen LogP contribution in [0.5, 0.6) is 0 Å². The molecule has 4 N–H and O–H groups in total. The number of nitrogen functional groups attached to an aromatic ring is 1. The zero-order chi connectivity index (χ0) is 13.0. The van der Waals surface area contributed by atoms with Gasteiger partial charge in [-0.3, -0.25) is 14.9 Å². The van der Waals surface area contributed by atoms with Gasteiger partial charge in [-0.2, -0.15) is 0 Å². The minimum absolute atomic E-state index is 0.0744. The van der Waals surface area contributed by atoms with Gasteiger partial charge in [0.05, 0.1) is 12.0 Å². The summed E-state index contributed by atoms with van der Waals surface area (Å²) in [6, 6.07) is 3.46. The first-order valence-electron chi connectivity index (χ1n) is 4.82. The van der Waals surface area contributed by atoms with Crippen molar-refractivity contribution in [3.8, 4) is 0 Å². The number of benzene rings is 1. The van der Waals surface area contributed by atoms with Crippen LogP contribution in [0.25, 0.3) is 0 Å². The molecule has 0 unspecified atom stereocenters. The summed E-state index contributed by atoms with van der Waals surface area (Å²) < 4.78 is 4.46. The SMILES string of the molecule is COC(=O)[C@H](N)Cc1ccc(N)c([N+](=O)[O-])c1. The van der Waals surface area contributed by atoms with Gasteiger partial charge in [-0.05, 0) is 18.1 Å². The molecule has 0 heterocycles. The third-order valence-electron chi connectivity index (χ3n) is 2.25. The molecule has 1 atom stereocenters. The predicted octanol–water partition coefficient (Wildman–Crippen LogP) is 0.220. The van der Waals surface area contributed by atoms with E-state index >= 15 is 0 Å². The number of hydrogen-bond acceptors (Lipinski definition) is 6. The van der Waals surface area contributed by atoms with Crippen molar-refractivity contribution in [1.29, 1.82) is 0 Å². The summed E-state index contributed by atoms with van der Waals surface area (Å²) in [6.45, 7) is 0. The molecule has 0 saturated carbocycles. The number of ether oxygens (including phenoxy) is 1. The molecule has 7 nitrogen and oxygen atoms in total. The van der Waals surface area contributed by atoms with Crippen LogP contribution in [0.4, 0.5) is 11.4 Å². The molecule has 0 aromatic heterocycles. The van der Waals surface area contributed by atoms with E-state index in [0.717, 1.165) is 0 Å². The van der Waals surface area contributed by atoms with Crippen LogP contribution >= 0.6 is 0 Å². The molecule has 0 aliphatic rings. The number of rotatable bonds is 4. The number of nitro benzene ring substituents is 1.